The summed E-state index contributed by atoms with van der Waals surface area (Å²) < 4.78 is 35.5. The van der Waals surface area contributed by atoms with Gasteiger partial charge in [-0.1, -0.05) is 55.9 Å². The number of halogens is 1. The molecule has 6 rings (SSSR count). The van der Waals surface area contributed by atoms with Crippen LogP contribution in [0, 0.1) is 0 Å². The molecule has 0 fully saturated rings. The summed E-state index contributed by atoms with van der Waals surface area (Å²) in [7, 11) is -5.77. The maximum atomic E-state index is 13.7. The first kappa shape index (κ1) is 29.7. The summed E-state index contributed by atoms with van der Waals surface area (Å²) in [6.45, 7) is 6.11. The van der Waals surface area contributed by atoms with Crippen LogP contribution < -0.4 is 10.3 Å². The minimum atomic E-state index is -3.68. The van der Waals surface area contributed by atoms with Crippen LogP contribution in [0.3, 0.4) is 0 Å². The first-order valence-electron chi connectivity index (χ1n) is 14.2. The summed E-state index contributed by atoms with van der Waals surface area (Å²) in [4.78, 5) is 31.4. The zero-order valence-corrected chi connectivity index (χ0v) is 26.7. The molecule has 2 aliphatic rings. The van der Waals surface area contributed by atoms with Gasteiger partial charge in [0.15, 0.2) is 5.60 Å². The molecule has 0 saturated heterocycles. The third kappa shape index (κ3) is 5.12. The van der Waals surface area contributed by atoms with Crippen molar-refractivity contribution in [2.45, 2.75) is 62.6 Å². The summed E-state index contributed by atoms with van der Waals surface area (Å²) >= 11 is 5.93. The molecule has 12 heteroatoms. The molecule has 0 aliphatic carbocycles. The van der Waals surface area contributed by atoms with Gasteiger partial charge in [-0.3, -0.25) is 4.79 Å². The van der Waals surface area contributed by atoms with Gasteiger partial charge in [0.1, 0.15) is 6.61 Å². The molecule has 0 radical (unpaired) electrons. The number of benzene rings is 2. The lowest BCUT2D eigenvalue weighted by Gasteiger charge is -2.31. The van der Waals surface area contributed by atoms with Gasteiger partial charge in [0.25, 0.3) is 5.56 Å². The van der Waals surface area contributed by atoms with Gasteiger partial charge in [0.05, 0.1) is 42.0 Å². The summed E-state index contributed by atoms with van der Waals surface area (Å²) in [5.41, 5.74) is 2.39. The number of aromatic nitrogens is 2. The molecular formula is C31H32ClN3O6SSi. The van der Waals surface area contributed by atoms with Gasteiger partial charge in [-0.15, -0.1) is 0 Å². The van der Waals surface area contributed by atoms with E-state index in [1.165, 1.54) is 12.1 Å². The van der Waals surface area contributed by atoms with Crippen LogP contribution in [0.15, 0.2) is 64.3 Å². The maximum Gasteiger partial charge on any atom is 0.343 e. The van der Waals surface area contributed by atoms with Gasteiger partial charge in [-0.05, 0) is 54.8 Å². The predicted octanol–water partition coefficient (Wildman–Crippen LogP) is 4.50. The normalized spacial score (nSPS) is 17.8. The number of para-hydroxylation sites is 1. The number of hydrogen-bond acceptors (Lipinski definition) is 7. The van der Waals surface area contributed by atoms with Gasteiger partial charge < -0.3 is 14.4 Å². The fourth-order valence-corrected chi connectivity index (χ4v) is 10.2. The number of hydrogen-bond donors (Lipinski definition) is 2. The fourth-order valence-electron chi connectivity index (χ4n) is 5.94. The first-order valence-corrected chi connectivity index (χ1v) is 19.4. The molecule has 0 saturated carbocycles. The minimum absolute atomic E-state index is 0.0759. The Morgan fingerprint density at radius 2 is 1.84 bits per heavy atom. The van der Waals surface area contributed by atoms with Gasteiger partial charge in [0.2, 0.25) is 10.0 Å². The second-order valence-corrected chi connectivity index (χ2v) is 19.4. The van der Waals surface area contributed by atoms with Crippen LogP contribution >= 0.6 is 11.6 Å². The molecule has 224 valence electrons. The average Bonchev–Trinajstić information content (AvgIpc) is 3.35. The number of nitrogens with one attached hydrogen (secondary N) is 1. The van der Waals surface area contributed by atoms with E-state index < -0.39 is 29.7 Å². The van der Waals surface area contributed by atoms with E-state index in [0.717, 1.165) is 28.1 Å². The smallest absolute Gasteiger partial charge is 0.343 e. The summed E-state index contributed by atoms with van der Waals surface area (Å²) in [6.07, 6.45) is 1.11. The number of sulfonamides is 1. The molecule has 4 heterocycles. The molecule has 0 amide bonds. The van der Waals surface area contributed by atoms with Crippen molar-refractivity contribution in [3.8, 4) is 11.4 Å². The van der Waals surface area contributed by atoms with E-state index >= 15 is 0 Å². The summed E-state index contributed by atoms with van der Waals surface area (Å²) in [6, 6.07) is 16.4. The topological polar surface area (TPSA) is 128 Å². The Balaban J connectivity index is 1.34. The van der Waals surface area contributed by atoms with Gasteiger partial charge in [-0.25, -0.2) is 22.9 Å². The van der Waals surface area contributed by atoms with Crippen molar-refractivity contribution in [1.29, 1.82) is 0 Å². The van der Waals surface area contributed by atoms with Crippen LogP contribution in [0.1, 0.15) is 35.6 Å². The van der Waals surface area contributed by atoms with Crippen LogP contribution in [0.2, 0.25) is 24.2 Å². The Kier molecular flexibility index (Phi) is 7.37. The van der Waals surface area contributed by atoms with Crippen LogP contribution in [0.25, 0.3) is 22.3 Å². The second kappa shape index (κ2) is 10.7. The Bertz CT molecular complexity index is 1960. The second-order valence-electron chi connectivity index (χ2n) is 12.0. The number of nitrogens with zero attached hydrogens (tertiary/aromatic N) is 2. The van der Waals surface area contributed by atoms with E-state index in [1.54, 1.807) is 29.7 Å². The minimum Gasteiger partial charge on any atom is -0.458 e. The van der Waals surface area contributed by atoms with Crippen molar-refractivity contribution >= 4 is 46.6 Å². The third-order valence-corrected chi connectivity index (χ3v) is 13.3. The highest BCUT2D eigenvalue weighted by atomic mass is 35.5. The highest BCUT2D eigenvalue weighted by Gasteiger charge is 2.45. The molecule has 2 aromatic carbocycles. The molecule has 1 atom stereocenters. The van der Waals surface area contributed by atoms with Crippen molar-refractivity contribution in [3.63, 3.8) is 0 Å². The van der Waals surface area contributed by atoms with Crippen LogP contribution in [-0.4, -0.2) is 43.3 Å². The molecule has 0 bridgehead atoms. The summed E-state index contributed by atoms with van der Waals surface area (Å²) in [5, 5.41) is 12.7. The van der Waals surface area contributed by atoms with Gasteiger partial charge in [0, 0.05) is 27.7 Å². The Morgan fingerprint density at radius 3 is 2.56 bits per heavy atom. The van der Waals surface area contributed by atoms with Crippen molar-refractivity contribution in [2.75, 3.05) is 6.17 Å². The largest absolute Gasteiger partial charge is 0.458 e. The Hall–Kier alpha value is -3.35. The SMILES string of the molecule is CC[C@@]1(O)C(=O)OCc2c1cc1n(c2=O)Cc2c-1nc1ccccc1c2CC[Si](C)(C)CNS(=O)(=O)c1ccc(Cl)cc1. The molecule has 2 N–H and O–H groups in total. The van der Waals surface area contributed by atoms with E-state index in [9.17, 15) is 23.1 Å². The summed E-state index contributed by atoms with van der Waals surface area (Å²) in [5.74, 6) is -0.754. The molecule has 0 unspecified atom stereocenters. The number of pyridine rings is 2. The number of ether oxygens (including phenoxy) is 1. The number of aliphatic hydroxyl groups is 1. The molecule has 2 aliphatic heterocycles. The van der Waals surface area contributed by atoms with E-state index in [4.69, 9.17) is 21.3 Å². The van der Waals surface area contributed by atoms with E-state index in [1.807, 2.05) is 24.3 Å². The van der Waals surface area contributed by atoms with Crippen LogP contribution in [0.5, 0.6) is 0 Å². The van der Waals surface area contributed by atoms with Crippen molar-refractivity contribution < 1.29 is 23.1 Å². The third-order valence-electron chi connectivity index (χ3n) is 8.63. The number of aryl methyl sites for hydroxylation is 1. The standard InChI is InChI=1S/C31H32ClN3O6SSi/c1-4-31(38)25-15-27-28-23(16-35(27)29(36)24(25)17-41-30(31)37)21(22-7-5-6-8-26(22)34-28)13-14-43(2,3)18-33-42(39,40)20-11-9-19(32)10-12-20/h5-12,15,33,38H,4,13-14,16-18H2,1-3H3/t31-/m0/s1. The monoisotopic (exact) mass is 637 g/mol. The highest BCUT2D eigenvalue weighted by molar-refractivity contribution is 7.89. The van der Waals surface area contributed by atoms with E-state index in [2.05, 4.69) is 17.8 Å². The quantitative estimate of drug-likeness (QED) is 0.189. The number of carbonyl (C=O) groups is 1. The van der Waals surface area contributed by atoms with E-state index in [0.29, 0.717) is 35.5 Å². The lowest BCUT2D eigenvalue weighted by atomic mass is 9.86. The van der Waals surface area contributed by atoms with E-state index in [-0.39, 0.29) is 34.6 Å². The lowest BCUT2D eigenvalue weighted by Crippen LogP contribution is -2.44. The lowest BCUT2D eigenvalue weighted by molar-refractivity contribution is -0.172. The maximum absolute atomic E-state index is 13.7. The van der Waals surface area contributed by atoms with Crippen molar-refractivity contribution in [2.24, 2.45) is 0 Å². The zero-order chi connectivity index (χ0) is 30.7. The predicted molar refractivity (Wildman–Crippen MR) is 167 cm³/mol. The molecular weight excluding hydrogens is 606 g/mol. The fraction of sp³-hybridized carbons (Fsp3) is 0.323. The zero-order valence-electron chi connectivity index (χ0n) is 24.1. The number of carbonyl (C=O) groups excluding carboxylic acids is 1. The Labute approximate surface area is 255 Å². The molecule has 43 heavy (non-hydrogen) atoms. The molecule has 9 nitrogen and oxygen atoms in total. The highest BCUT2D eigenvalue weighted by Crippen LogP contribution is 2.40. The molecule has 2 aromatic heterocycles. The number of esters is 1. The van der Waals surface area contributed by atoms with Crippen LogP contribution in [-0.2, 0) is 44.7 Å². The van der Waals surface area contributed by atoms with Crippen LogP contribution in [0.4, 0.5) is 0 Å². The van der Waals surface area contributed by atoms with Crippen molar-refractivity contribution in [1.82, 2.24) is 14.3 Å². The van der Waals surface area contributed by atoms with Gasteiger partial charge in [-0.2, -0.15) is 0 Å². The number of fused-ring (bicyclic) bond motifs is 5. The Morgan fingerprint density at radius 1 is 1.12 bits per heavy atom. The van der Waals surface area contributed by atoms with Crippen molar-refractivity contribution in [3.05, 3.63) is 92.2 Å². The average molecular weight is 638 g/mol. The molecule has 4 aromatic rings. The number of rotatable bonds is 8. The molecule has 0 spiro atoms. The first-order chi connectivity index (χ1) is 20.3. The van der Waals surface area contributed by atoms with Gasteiger partial charge >= 0.3 is 5.97 Å². The number of cyclic esters (lactones) is 1.